The molecule has 1 saturated heterocycles. The smallest absolute Gasteiger partial charge is 0.226 e. The van der Waals surface area contributed by atoms with Crippen molar-refractivity contribution in [1.82, 2.24) is 14.9 Å². The topological polar surface area (TPSA) is 71.3 Å². The molecule has 152 valence electrons. The van der Waals surface area contributed by atoms with Gasteiger partial charge < -0.3 is 9.73 Å². The maximum Gasteiger partial charge on any atom is 0.226 e. The number of amides is 1. The summed E-state index contributed by atoms with van der Waals surface area (Å²) in [5.41, 5.74) is 3.22. The molecule has 1 fully saturated rings. The molecule has 0 unspecified atom stereocenters. The average molecular weight is 411 g/mol. The Morgan fingerprint density at radius 2 is 2.00 bits per heavy atom. The van der Waals surface area contributed by atoms with Crippen molar-refractivity contribution >= 4 is 22.4 Å². The molecule has 1 aliphatic rings. The Morgan fingerprint density at radius 3 is 2.79 bits per heavy atom. The molecule has 0 saturated carbocycles. The number of nitrogens with zero attached hydrogens (tertiary/aromatic N) is 3. The maximum atomic E-state index is 12.3. The number of piperidine rings is 1. The third-order valence-corrected chi connectivity index (χ3v) is 5.89. The van der Waals surface area contributed by atoms with Gasteiger partial charge >= 0.3 is 0 Å². The fourth-order valence-electron chi connectivity index (χ4n) is 3.46. The lowest BCUT2D eigenvalue weighted by Gasteiger charge is -2.25. The molecule has 0 spiro atoms. The summed E-state index contributed by atoms with van der Waals surface area (Å²) in [6.45, 7) is 5.19. The number of anilines is 1. The van der Waals surface area contributed by atoms with E-state index in [-0.39, 0.29) is 5.91 Å². The van der Waals surface area contributed by atoms with Gasteiger partial charge in [0.1, 0.15) is 0 Å². The van der Waals surface area contributed by atoms with Crippen LogP contribution in [-0.4, -0.2) is 33.9 Å². The summed E-state index contributed by atoms with van der Waals surface area (Å²) in [5.74, 6) is 1.22. The summed E-state index contributed by atoms with van der Waals surface area (Å²) >= 11 is 1.48. The number of nitrogens with one attached hydrogen (secondary N) is 1. The first-order valence-corrected chi connectivity index (χ1v) is 11.0. The lowest BCUT2D eigenvalue weighted by atomic mass is 10.1. The molecule has 1 aromatic carbocycles. The Bertz CT molecular complexity index is 942. The van der Waals surface area contributed by atoms with Crippen molar-refractivity contribution in [2.75, 3.05) is 18.4 Å². The van der Waals surface area contributed by atoms with Gasteiger partial charge in [-0.1, -0.05) is 36.2 Å². The quantitative estimate of drug-likeness (QED) is 0.613. The minimum absolute atomic E-state index is 0.0704. The van der Waals surface area contributed by atoms with Crippen LogP contribution in [0.1, 0.15) is 42.8 Å². The van der Waals surface area contributed by atoms with E-state index in [1.54, 1.807) is 6.20 Å². The Hall–Kier alpha value is -2.51. The minimum Gasteiger partial charge on any atom is -0.441 e. The number of carbonyl (C=O) groups excluding carboxylic acids is 1. The van der Waals surface area contributed by atoms with Crippen molar-refractivity contribution < 1.29 is 9.21 Å². The molecule has 3 aromatic rings. The number of rotatable bonds is 7. The SMILES string of the molecule is Cc1ccc(-c2cnc(CCC(=O)Nc3nc(CN4CCCCC4)cs3)o2)cc1. The Labute approximate surface area is 175 Å². The molecular weight excluding hydrogens is 384 g/mol. The largest absolute Gasteiger partial charge is 0.441 e. The highest BCUT2D eigenvalue weighted by Crippen LogP contribution is 2.22. The lowest BCUT2D eigenvalue weighted by molar-refractivity contribution is -0.116. The second kappa shape index (κ2) is 9.33. The van der Waals surface area contributed by atoms with Crippen molar-refractivity contribution in [3.63, 3.8) is 0 Å². The number of likely N-dealkylation sites (tertiary alicyclic amines) is 1. The maximum absolute atomic E-state index is 12.3. The zero-order valence-electron chi connectivity index (χ0n) is 16.7. The molecule has 0 radical (unpaired) electrons. The Balaban J connectivity index is 1.25. The van der Waals surface area contributed by atoms with Crippen molar-refractivity contribution in [3.8, 4) is 11.3 Å². The zero-order chi connectivity index (χ0) is 20.1. The molecular formula is C22H26N4O2S. The van der Waals surface area contributed by atoms with Gasteiger partial charge in [-0.05, 0) is 32.9 Å². The van der Waals surface area contributed by atoms with Crippen LogP contribution in [0.15, 0.2) is 40.3 Å². The van der Waals surface area contributed by atoms with Crippen molar-refractivity contribution in [1.29, 1.82) is 0 Å². The van der Waals surface area contributed by atoms with E-state index in [0.29, 0.717) is 23.9 Å². The summed E-state index contributed by atoms with van der Waals surface area (Å²) in [4.78, 5) is 23.6. The van der Waals surface area contributed by atoms with Gasteiger partial charge in [0.15, 0.2) is 16.8 Å². The number of hydrogen-bond donors (Lipinski definition) is 1. The fraction of sp³-hybridized carbons (Fsp3) is 0.409. The molecule has 0 atom stereocenters. The van der Waals surface area contributed by atoms with Gasteiger partial charge in [0, 0.05) is 30.3 Å². The number of carbonyl (C=O) groups is 1. The fourth-order valence-corrected chi connectivity index (χ4v) is 4.18. The minimum atomic E-state index is -0.0704. The normalized spacial score (nSPS) is 14.8. The second-order valence-corrected chi connectivity index (χ2v) is 8.37. The number of benzene rings is 1. The van der Waals surface area contributed by atoms with E-state index in [2.05, 4.69) is 20.2 Å². The molecule has 0 bridgehead atoms. The predicted molar refractivity (Wildman–Crippen MR) is 115 cm³/mol. The van der Waals surface area contributed by atoms with Gasteiger partial charge in [0.2, 0.25) is 5.91 Å². The van der Waals surface area contributed by atoms with Crippen LogP contribution in [0.2, 0.25) is 0 Å². The van der Waals surface area contributed by atoms with Gasteiger partial charge in [0.05, 0.1) is 11.9 Å². The van der Waals surface area contributed by atoms with Crippen LogP contribution in [0, 0.1) is 6.92 Å². The van der Waals surface area contributed by atoms with Crippen LogP contribution in [0.25, 0.3) is 11.3 Å². The number of thiazole rings is 1. The van der Waals surface area contributed by atoms with E-state index < -0.39 is 0 Å². The molecule has 6 nitrogen and oxygen atoms in total. The first-order valence-electron chi connectivity index (χ1n) is 10.1. The van der Waals surface area contributed by atoms with Gasteiger partial charge in [-0.25, -0.2) is 9.97 Å². The van der Waals surface area contributed by atoms with Crippen LogP contribution in [0.4, 0.5) is 5.13 Å². The predicted octanol–water partition coefficient (Wildman–Crippen LogP) is 4.66. The number of aryl methyl sites for hydroxylation is 2. The highest BCUT2D eigenvalue weighted by atomic mass is 32.1. The molecule has 3 heterocycles. The van der Waals surface area contributed by atoms with Gasteiger partial charge in [-0.2, -0.15) is 0 Å². The standard InChI is InChI=1S/C22H26N4O2S/c1-16-5-7-17(8-6-16)19-13-23-21(28-19)10-9-20(27)25-22-24-18(15-29-22)14-26-11-3-2-4-12-26/h5-8,13,15H,2-4,9-12,14H2,1H3,(H,24,25,27). The molecule has 1 amide bonds. The highest BCUT2D eigenvalue weighted by Gasteiger charge is 2.14. The zero-order valence-corrected chi connectivity index (χ0v) is 17.5. The van der Waals surface area contributed by atoms with Gasteiger partial charge in [-0.15, -0.1) is 11.3 Å². The monoisotopic (exact) mass is 410 g/mol. The van der Waals surface area contributed by atoms with Crippen LogP contribution < -0.4 is 5.32 Å². The Morgan fingerprint density at radius 1 is 1.21 bits per heavy atom. The number of hydrogen-bond acceptors (Lipinski definition) is 6. The lowest BCUT2D eigenvalue weighted by Crippen LogP contribution is -2.29. The number of oxazole rings is 1. The van der Waals surface area contributed by atoms with Gasteiger partial charge in [-0.3, -0.25) is 9.69 Å². The highest BCUT2D eigenvalue weighted by molar-refractivity contribution is 7.13. The van der Waals surface area contributed by atoms with Crippen LogP contribution in [-0.2, 0) is 17.8 Å². The molecule has 1 N–H and O–H groups in total. The van der Waals surface area contributed by atoms with E-state index in [9.17, 15) is 4.79 Å². The molecule has 7 heteroatoms. The molecule has 4 rings (SSSR count). The molecule has 0 aliphatic carbocycles. The number of aromatic nitrogens is 2. The molecule has 29 heavy (non-hydrogen) atoms. The van der Waals surface area contributed by atoms with E-state index >= 15 is 0 Å². The van der Waals surface area contributed by atoms with Crippen molar-refractivity contribution in [2.45, 2.75) is 45.6 Å². The summed E-state index contributed by atoms with van der Waals surface area (Å²) in [7, 11) is 0. The van der Waals surface area contributed by atoms with E-state index in [0.717, 1.165) is 36.7 Å². The summed E-state index contributed by atoms with van der Waals surface area (Å²) in [6.07, 6.45) is 6.34. The molecule has 1 aliphatic heterocycles. The van der Waals surface area contributed by atoms with E-state index in [4.69, 9.17) is 4.42 Å². The summed E-state index contributed by atoms with van der Waals surface area (Å²) in [5, 5.41) is 5.59. The second-order valence-electron chi connectivity index (χ2n) is 7.51. The van der Waals surface area contributed by atoms with Crippen LogP contribution >= 0.6 is 11.3 Å². The average Bonchev–Trinajstić information content (AvgIpc) is 3.37. The first-order chi connectivity index (χ1) is 14.2. The third kappa shape index (κ3) is 5.52. The molecule has 2 aromatic heterocycles. The Kier molecular flexibility index (Phi) is 6.36. The first kappa shape index (κ1) is 19.8. The summed E-state index contributed by atoms with van der Waals surface area (Å²) < 4.78 is 5.79. The van der Waals surface area contributed by atoms with Crippen LogP contribution in [0.5, 0.6) is 0 Å². The third-order valence-electron chi connectivity index (χ3n) is 5.09. The van der Waals surface area contributed by atoms with Crippen molar-refractivity contribution in [3.05, 3.63) is 53.0 Å². The van der Waals surface area contributed by atoms with Crippen LogP contribution in [0.3, 0.4) is 0 Å². The van der Waals surface area contributed by atoms with E-state index in [1.165, 1.54) is 36.2 Å². The van der Waals surface area contributed by atoms with Gasteiger partial charge in [0.25, 0.3) is 0 Å². The summed E-state index contributed by atoms with van der Waals surface area (Å²) in [6, 6.07) is 8.10. The van der Waals surface area contributed by atoms with Crippen molar-refractivity contribution in [2.24, 2.45) is 0 Å². The van der Waals surface area contributed by atoms with E-state index in [1.807, 2.05) is 36.6 Å².